The zero-order valence-corrected chi connectivity index (χ0v) is 14.2. The molecule has 1 heterocycles. The van der Waals surface area contributed by atoms with Crippen molar-refractivity contribution in [3.63, 3.8) is 0 Å². The van der Waals surface area contributed by atoms with Gasteiger partial charge in [-0.3, -0.25) is 0 Å². The molecule has 21 heavy (non-hydrogen) atoms. The first kappa shape index (κ1) is 17.2. The van der Waals surface area contributed by atoms with Crippen molar-refractivity contribution in [1.29, 1.82) is 0 Å². The molecule has 0 bridgehead atoms. The van der Waals surface area contributed by atoms with E-state index in [1.807, 2.05) is 6.92 Å². The molecule has 1 saturated heterocycles. The number of hydrogen-bond donors (Lipinski definition) is 1. The summed E-state index contributed by atoms with van der Waals surface area (Å²) in [5.74, 6) is 0. The Kier molecular flexibility index (Phi) is 5.68. The Morgan fingerprint density at radius 2 is 1.76 bits per heavy atom. The normalized spacial score (nSPS) is 25.3. The van der Waals surface area contributed by atoms with Gasteiger partial charge in [0.1, 0.15) is 0 Å². The van der Waals surface area contributed by atoms with Gasteiger partial charge in [0.2, 0.25) is 10.0 Å². The monoisotopic (exact) mass is 318 g/mol. The Balaban J connectivity index is 1.85. The standard InChI is InChI=1S/C15H30N2O3S/c1-3-17(21(2,19)20)14-7-11-16(12-8-14)13-15(18)9-5-4-6-10-15/h14,18H,3-13H2,1-2H3. The van der Waals surface area contributed by atoms with Crippen LogP contribution in [0.4, 0.5) is 0 Å². The third-order valence-corrected chi connectivity index (χ3v) is 6.41. The molecular formula is C15H30N2O3S. The molecule has 5 nitrogen and oxygen atoms in total. The Bertz CT molecular complexity index is 424. The van der Waals surface area contributed by atoms with Gasteiger partial charge in [0.15, 0.2) is 0 Å². The first-order valence-corrected chi connectivity index (χ1v) is 10.1. The predicted octanol–water partition coefficient (Wildman–Crippen LogP) is 1.43. The lowest BCUT2D eigenvalue weighted by Gasteiger charge is -2.41. The largest absolute Gasteiger partial charge is 0.389 e. The van der Waals surface area contributed by atoms with E-state index in [0.29, 0.717) is 6.54 Å². The second kappa shape index (κ2) is 6.94. The maximum atomic E-state index is 11.8. The van der Waals surface area contributed by atoms with Crippen LogP contribution in [-0.2, 0) is 10.0 Å². The molecule has 0 aromatic carbocycles. The number of piperidine rings is 1. The van der Waals surface area contributed by atoms with E-state index < -0.39 is 15.6 Å². The summed E-state index contributed by atoms with van der Waals surface area (Å²) >= 11 is 0. The zero-order chi connectivity index (χ0) is 15.5. The quantitative estimate of drug-likeness (QED) is 0.833. The summed E-state index contributed by atoms with van der Waals surface area (Å²) in [5.41, 5.74) is -0.508. The van der Waals surface area contributed by atoms with Crippen LogP contribution in [0.25, 0.3) is 0 Å². The Morgan fingerprint density at radius 1 is 1.19 bits per heavy atom. The van der Waals surface area contributed by atoms with E-state index in [1.54, 1.807) is 4.31 Å². The molecule has 124 valence electrons. The van der Waals surface area contributed by atoms with E-state index in [-0.39, 0.29) is 6.04 Å². The molecule has 1 aliphatic heterocycles. The van der Waals surface area contributed by atoms with Crippen LogP contribution in [0.5, 0.6) is 0 Å². The molecule has 2 aliphatic rings. The topological polar surface area (TPSA) is 60.9 Å². The number of sulfonamides is 1. The van der Waals surface area contributed by atoms with Crippen molar-refractivity contribution in [2.24, 2.45) is 0 Å². The number of likely N-dealkylation sites (tertiary alicyclic amines) is 1. The van der Waals surface area contributed by atoms with E-state index in [9.17, 15) is 13.5 Å². The van der Waals surface area contributed by atoms with E-state index in [2.05, 4.69) is 4.90 Å². The fourth-order valence-corrected chi connectivity index (χ4v) is 5.13. The molecule has 0 aromatic heterocycles. The van der Waals surface area contributed by atoms with Gasteiger partial charge >= 0.3 is 0 Å². The van der Waals surface area contributed by atoms with E-state index in [1.165, 1.54) is 12.7 Å². The van der Waals surface area contributed by atoms with E-state index in [0.717, 1.165) is 58.2 Å². The maximum Gasteiger partial charge on any atom is 0.211 e. The second-order valence-corrected chi connectivity index (χ2v) is 8.69. The van der Waals surface area contributed by atoms with Crippen LogP contribution < -0.4 is 0 Å². The van der Waals surface area contributed by atoms with Crippen LogP contribution >= 0.6 is 0 Å². The van der Waals surface area contributed by atoms with Gasteiger partial charge in [-0.15, -0.1) is 0 Å². The lowest BCUT2D eigenvalue weighted by atomic mass is 9.84. The molecule has 0 spiro atoms. The van der Waals surface area contributed by atoms with Crippen LogP contribution in [0.15, 0.2) is 0 Å². The fraction of sp³-hybridized carbons (Fsp3) is 1.00. The maximum absolute atomic E-state index is 11.8. The summed E-state index contributed by atoms with van der Waals surface area (Å²) < 4.78 is 25.2. The third-order valence-electron chi connectivity index (χ3n) is 5.00. The summed E-state index contributed by atoms with van der Waals surface area (Å²) in [5, 5.41) is 10.6. The molecule has 6 heteroatoms. The Hall–Kier alpha value is -0.170. The van der Waals surface area contributed by atoms with Crippen LogP contribution in [0, 0.1) is 0 Å². The number of β-amino-alcohol motifs (C(OH)–C–C–N with tert-alkyl or cyclic N) is 1. The summed E-state index contributed by atoms with van der Waals surface area (Å²) in [6.07, 6.45) is 8.37. The summed E-state index contributed by atoms with van der Waals surface area (Å²) in [4.78, 5) is 2.32. The average Bonchev–Trinajstić information content (AvgIpc) is 2.40. The van der Waals surface area contributed by atoms with Crippen molar-refractivity contribution in [3.05, 3.63) is 0 Å². The molecule has 1 saturated carbocycles. The van der Waals surface area contributed by atoms with Gasteiger partial charge in [0.25, 0.3) is 0 Å². The third kappa shape index (κ3) is 4.65. The van der Waals surface area contributed by atoms with Crippen molar-refractivity contribution in [2.45, 2.75) is 63.5 Å². The van der Waals surface area contributed by atoms with Gasteiger partial charge in [-0.25, -0.2) is 8.42 Å². The summed E-state index contributed by atoms with van der Waals surface area (Å²) in [6.45, 7) is 4.98. The van der Waals surface area contributed by atoms with Crippen LogP contribution in [0.1, 0.15) is 51.9 Å². The average molecular weight is 318 g/mol. The summed E-state index contributed by atoms with van der Waals surface area (Å²) in [7, 11) is -3.11. The highest BCUT2D eigenvalue weighted by Gasteiger charge is 2.34. The zero-order valence-electron chi connectivity index (χ0n) is 13.4. The minimum absolute atomic E-state index is 0.127. The predicted molar refractivity (Wildman–Crippen MR) is 84.7 cm³/mol. The minimum Gasteiger partial charge on any atom is -0.389 e. The van der Waals surface area contributed by atoms with Crippen LogP contribution in [0.2, 0.25) is 0 Å². The molecule has 2 rings (SSSR count). The highest BCUT2D eigenvalue weighted by molar-refractivity contribution is 7.88. The van der Waals surface area contributed by atoms with Crippen molar-refractivity contribution in [3.8, 4) is 0 Å². The first-order valence-electron chi connectivity index (χ1n) is 8.26. The number of rotatable bonds is 5. The van der Waals surface area contributed by atoms with Gasteiger partial charge in [-0.1, -0.05) is 26.2 Å². The lowest BCUT2D eigenvalue weighted by molar-refractivity contribution is -0.0329. The SMILES string of the molecule is CCN(C1CCN(CC2(O)CCCCC2)CC1)S(C)(=O)=O. The molecule has 1 aliphatic carbocycles. The molecule has 0 amide bonds. The first-order chi connectivity index (χ1) is 9.84. The van der Waals surface area contributed by atoms with Gasteiger partial charge in [0, 0.05) is 19.1 Å². The van der Waals surface area contributed by atoms with Gasteiger partial charge in [-0.2, -0.15) is 4.31 Å². The minimum atomic E-state index is -3.11. The Labute approximate surface area is 129 Å². The number of nitrogens with zero attached hydrogens (tertiary/aromatic N) is 2. The Morgan fingerprint density at radius 3 is 2.24 bits per heavy atom. The van der Waals surface area contributed by atoms with Crippen molar-refractivity contribution in [2.75, 3.05) is 32.4 Å². The molecule has 0 atom stereocenters. The van der Waals surface area contributed by atoms with Gasteiger partial charge < -0.3 is 10.0 Å². The number of hydrogen-bond acceptors (Lipinski definition) is 4. The number of aliphatic hydroxyl groups is 1. The smallest absolute Gasteiger partial charge is 0.211 e. The highest BCUT2D eigenvalue weighted by Crippen LogP contribution is 2.30. The fourth-order valence-electron chi connectivity index (χ4n) is 3.91. The molecule has 1 N–H and O–H groups in total. The van der Waals surface area contributed by atoms with E-state index in [4.69, 9.17) is 0 Å². The van der Waals surface area contributed by atoms with Crippen molar-refractivity contribution >= 4 is 10.0 Å². The van der Waals surface area contributed by atoms with Crippen LogP contribution in [0.3, 0.4) is 0 Å². The molecule has 0 unspecified atom stereocenters. The summed E-state index contributed by atoms with van der Waals surface area (Å²) in [6, 6.07) is 0.127. The van der Waals surface area contributed by atoms with Gasteiger partial charge in [-0.05, 0) is 38.8 Å². The van der Waals surface area contributed by atoms with Crippen LogP contribution in [-0.4, -0.2) is 66.8 Å². The molecule has 0 aromatic rings. The second-order valence-electron chi connectivity index (χ2n) is 6.76. The lowest BCUT2D eigenvalue weighted by Crippen LogP contribution is -2.51. The highest BCUT2D eigenvalue weighted by atomic mass is 32.2. The van der Waals surface area contributed by atoms with Gasteiger partial charge in [0.05, 0.1) is 11.9 Å². The molecule has 0 radical (unpaired) electrons. The molecule has 2 fully saturated rings. The van der Waals surface area contributed by atoms with Crippen molar-refractivity contribution in [1.82, 2.24) is 9.21 Å². The van der Waals surface area contributed by atoms with E-state index >= 15 is 0 Å². The molecular weight excluding hydrogens is 288 g/mol. The van der Waals surface area contributed by atoms with Crippen molar-refractivity contribution < 1.29 is 13.5 Å².